The van der Waals surface area contributed by atoms with Gasteiger partial charge in [0.2, 0.25) is 0 Å². The number of anilines is 1. The summed E-state index contributed by atoms with van der Waals surface area (Å²) >= 11 is 0. The molecular weight excluding hydrogens is 224 g/mol. The van der Waals surface area contributed by atoms with Gasteiger partial charge >= 0.3 is 0 Å². The zero-order valence-corrected chi connectivity index (χ0v) is 9.55. The molecule has 1 aromatic rings. The van der Waals surface area contributed by atoms with Gasteiger partial charge in [0, 0.05) is 13.1 Å². The molecule has 1 rings (SSSR count). The maximum absolute atomic E-state index is 11.4. The van der Waals surface area contributed by atoms with Gasteiger partial charge in [-0.25, -0.2) is 0 Å². The Bertz CT molecular complexity index is 355. The van der Waals surface area contributed by atoms with E-state index in [1.807, 2.05) is 6.92 Å². The van der Waals surface area contributed by atoms with Gasteiger partial charge in [-0.05, 0) is 19.1 Å². The van der Waals surface area contributed by atoms with Gasteiger partial charge in [-0.2, -0.15) is 0 Å². The minimum Gasteiger partial charge on any atom is -0.394 e. The maximum atomic E-state index is 11.4. The Morgan fingerprint density at radius 2 is 2.24 bits per heavy atom. The predicted molar refractivity (Wildman–Crippen MR) is 61.6 cm³/mol. The molecule has 94 valence electrons. The lowest BCUT2D eigenvalue weighted by Crippen LogP contribution is -2.25. The fourth-order valence-electron chi connectivity index (χ4n) is 1.09. The number of amides is 1. The van der Waals surface area contributed by atoms with Gasteiger partial charge in [0.1, 0.15) is 5.82 Å². The van der Waals surface area contributed by atoms with E-state index in [0.29, 0.717) is 12.4 Å². The third-order valence-electron chi connectivity index (χ3n) is 1.96. The summed E-state index contributed by atoms with van der Waals surface area (Å²) < 4.78 is 0. The minimum atomic E-state index is -0.847. The SMILES string of the molecule is CCNC(=O)c1ccc(NCC(O)CO)nn1. The lowest BCUT2D eigenvalue weighted by Gasteiger charge is -2.08. The van der Waals surface area contributed by atoms with Crippen molar-refractivity contribution in [1.29, 1.82) is 0 Å². The second-order valence-electron chi connectivity index (χ2n) is 3.38. The summed E-state index contributed by atoms with van der Waals surface area (Å²) in [5.41, 5.74) is 0.236. The van der Waals surface area contributed by atoms with E-state index >= 15 is 0 Å². The van der Waals surface area contributed by atoms with Crippen LogP contribution in [0, 0.1) is 0 Å². The third-order valence-corrected chi connectivity index (χ3v) is 1.96. The number of carbonyl (C=O) groups is 1. The van der Waals surface area contributed by atoms with Crippen LogP contribution in [0.25, 0.3) is 0 Å². The van der Waals surface area contributed by atoms with Crippen LogP contribution in [-0.2, 0) is 0 Å². The van der Waals surface area contributed by atoms with Crippen LogP contribution in [0.5, 0.6) is 0 Å². The van der Waals surface area contributed by atoms with Crippen molar-refractivity contribution in [3.8, 4) is 0 Å². The van der Waals surface area contributed by atoms with Crippen LogP contribution < -0.4 is 10.6 Å². The highest BCUT2D eigenvalue weighted by Crippen LogP contribution is 2.02. The average molecular weight is 240 g/mol. The Balaban J connectivity index is 2.53. The van der Waals surface area contributed by atoms with Crippen LogP contribution in [0.15, 0.2) is 12.1 Å². The van der Waals surface area contributed by atoms with E-state index < -0.39 is 6.10 Å². The van der Waals surface area contributed by atoms with E-state index in [9.17, 15) is 4.79 Å². The molecule has 1 heterocycles. The molecule has 7 heteroatoms. The van der Waals surface area contributed by atoms with Gasteiger partial charge in [0.15, 0.2) is 5.69 Å². The number of hydrogen-bond donors (Lipinski definition) is 4. The zero-order chi connectivity index (χ0) is 12.7. The topological polar surface area (TPSA) is 107 Å². The number of aromatic nitrogens is 2. The Kier molecular flexibility index (Phi) is 5.31. The highest BCUT2D eigenvalue weighted by atomic mass is 16.3. The number of rotatable bonds is 6. The van der Waals surface area contributed by atoms with Gasteiger partial charge < -0.3 is 20.8 Å². The monoisotopic (exact) mass is 240 g/mol. The van der Waals surface area contributed by atoms with Crippen LogP contribution in [-0.4, -0.2) is 52.1 Å². The molecule has 17 heavy (non-hydrogen) atoms. The van der Waals surface area contributed by atoms with Crippen molar-refractivity contribution in [1.82, 2.24) is 15.5 Å². The van der Waals surface area contributed by atoms with Gasteiger partial charge in [0.05, 0.1) is 12.7 Å². The van der Waals surface area contributed by atoms with E-state index in [4.69, 9.17) is 10.2 Å². The number of hydrogen-bond acceptors (Lipinski definition) is 6. The van der Waals surface area contributed by atoms with Gasteiger partial charge in [-0.1, -0.05) is 0 Å². The summed E-state index contributed by atoms with van der Waals surface area (Å²) in [6.07, 6.45) is -0.847. The van der Waals surface area contributed by atoms with Crippen LogP contribution in [0.4, 0.5) is 5.82 Å². The van der Waals surface area contributed by atoms with Crippen molar-refractivity contribution < 1.29 is 15.0 Å². The molecule has 1 aromatic heterocycles. The Morgan fingerprint density at radius 3 is 2.76 bits per heavy atom. The standard InChI is InChI=1S/C10H16N4O3/c1-2-11-10(17)8-3-4-9(14-13-8)12-5-7(16)6-15/h3-4,7,15-16H,2,5-6H2,1H3,(H,11,17)(H,12,14). The maximum Gasteiger partial charge on any atom is 0.271 e. The molecule has 0 aliphatic carbocycles. The zero-order valence-electron chi connectivity index (χ0n) is 9.55. The van der Waals surface area contributed by atoms with E-state index in [-0.39, 0.29) is 24.8 Å². The molecule has 7 nitrogen and oxygen atoms in total. The normalized spacial score (nSPS) is 11.9. The first-order chi connectivity index (χ1) is 8.17. The molecule has 0 saturated carbocycles. The number of aliphatic hydroxyl groups excluding tert-OH is 2. The summed E-state index contributed by atoms with van der Waals surface area (Å²) in [6, 6.07) is 3.12. The number of nitrogens with zero attached hydrogens (tertiary/aromatic N) is 2. The Morgan fingerprint density at radius 1 is 1.47 bits per heavy atom. The lowest BCUT2D eigenvalue weighted by atomic mass is 10.3. The van der Waals surface area contributed by atoms with Crippen molar-refractivity contribution >= 4 is 11.7 Å². The molecule has 0 aromatic carbocycles. The minimum absolute atomic E-state index is 0.172. The van der Waals surface area contributed by atoms with Crippen molar-refractivity contribution in [2.75, 3.05) is 25.0 Å². The third kappa shape index (κ3) is 4.33. The summed E-state index contributed by atoms with van der Waals surface area (Å²) in [4.78, 5) is 11.4. The second-order valence-corrected chi connectivity index (χ2v) is 3.38. The molecule has 0 bridgehead atoms. The molecule has 1 atom stereocenters. The van der Waals surface area contributed by atoms with Crippen LogP contribution in [0.3, 0.4) is 0 Å². The van der Waals surface area contributed by atoms with Crippen molar-refractivity contribution in [2.24, 2.45) is 0 Å². The van der Waals surface area contributed by atoms with E-state index in [0.717, 1.165) is 0 Å². The van der Waals surface area contributed by atoms with Crippen LogP contribution >= 0.6 is 0 Å². The smallest absolute Gasteiger partial charge is 0.271 e. The van der Waals surface area contributed by atoms with Crippen molar-refractivity contribution in [2.45, 2.75) is 13.0 Å². The summed E-state index contributed by atoms with van der Waals surface area (Å²) in [5, 5.41) is 30.6. The molecule has 0 aliphatic heterocycles. The summed E-state index contributed by atoms with van der Waals surface area (Å²) in [5.74, 6) is 0.160. The quantitative estimate of drug-likeness (QED) is 0.507. The van der Waals surface area contributed by atoms with Crippen molar-refractivity contribution in [3.05, 3.63) is 17.8 Å². The molecule has 0 aliphatic rings. The molecule has 0 radical (unpaired) electrons. The molecule has 1 amide bonds. The van der Waals surface area contributed by atoms with E-state index in [2.05, 4.69) is 20.8 Å². The number of nitrogens with one attached hydrogen (secondary N) is 2. The highest BCUT2D eigenvalue weighted by molar-refractivity contribution is 5.92. The average Bonchev–Trinajstić information content (AvgIpc) is 2.36. The number of carbonyl (C=O) groups excluding carboxylic acids is 1. The molecule has 1 unspecified atom stereocenters. The first kappa shape index (κ1) is 13.3. The molecular formula is C10H16N4O3. The predicted octanol–water partition coefficient (Wildman–Crippen LogP) is -1.01. The van der Waals surface area contributed by atoms with Gasteiger partial charge in [0.25, 0.3) is 5.91 Å². The second kappa shape index (κ2) is 6.77. The van der Waals surface area contributed by atoms with Crippen LogP contribution in [0.1, 0.15) is 17.4 Å². The summed E-state index contributed by atoms with van der Waals surface area (Å²) in [7, 11) is 0. The Labute approximate surface area is 98.9 Å². The highest BCUT2D eigenvalue weighted by Gasteiger charge is 2.07. The first-order valence-corrected chi connectivity index (χ1v) is 5.32. The summed E-state index contributed by atoms with van der Waals surface area (Å²) in [6.45, 7) is 2.20. The molecule has 0 fully saturated rings. The first-order valence-electron chi connectivity index (χ1n) is 5.32. The molecule has 0 saturated heterocycles. The van der Waals surface area contributed by atoms with E-state index in [1.54, 1.807) is 6.07 Å². The Hall–Kier alpha value is -1.73. The van der Waals surface area contributed by atoms with Gasteiger partial charge in [-0.15, -0.1) is 10.2 Å². The van der Waals surface area contributed by atoms with Crippen molar-refractivity contribution in [3.63, 3.8) is 0 Å². The largest absolute Gasteiger partial charge is 0.394 e. The fourth-order valence-corrected chi connectivity index (χ4v) is 1.09. The fraction of sp³-hybridized carbons (Fsp3) is 0.500. The van der Waals surface area contributed by atoms with Crippen LogP contribution in [0.2, 0.25) is 0 Å². The van der Waals surface area contributed by atoms with E-state index in [1.165, 1.54) is 6.07 Å². The molecule has 4 N–H and O–H groups in total. The van der Waals surface area contributed by atoms with Gasteiger partial charge in [-0.3, -0.25) is 4.79 Å². The molecule has 0 spiro atoms. The number of aliphatic hydroxyl groups is 2. The lowest BCUT2D eigenvalue weighted by molar-refractivity contribution is 0.0949.